The average molecular weight is 129 g/mol. The molecule has 0 amide bonds. The molecule has 0 saturated heterocycles. The zero-order chi connectivity index (χ0) is 5.54. The van der Waals surface area contributed by atoms with Crippen molar-refractivity contribution in [1.29, 1.82) is 0 Å². The van der Waals surface area contributed by atoms with Crippen molar-refractivity contribution >= 4 is 17.0 Å². The first kappa shape index (κ1) is 10.3. The number of aliphatic imine (C=N–C) groups is 1. The van der Waals surface area contributed by atoms with Gasteiger partial charge >= 0.3 is 0 Å². The number of hydrogen-bond donors (Lipinski definition) is 0. The van der Waals surface area contributed by atoms with Crippen molar-refractivity contribution in [1.82, 2.24) is 0 Å². The van der Waals surface area contributed by atoms with Gasteiger partial charge in [-0.05, 0) is 17.4 Å². The van der Waals surface area contributed by atoms with E-state index in [1.807, 2.05) is 0 Å². The van der Waals surface area contributed by atoms with E-state index in [2.05, 4.69) is 11.6 Å². The molecule has 0 unspecified atom stereocenters. The van der Waals surface area contributed by atoms with Crippen LogP contribution in [0.15, 0.2) is 17.6 Å². The normalized spacial score (nSPS) is 6.00. The third-order valence-electron chi connectivity index (χ3n) is 0.510. The largest absolute Gasteiger partial charge is 0.234 e. The lowest BCUT2D eigenvalue weighted by molar-refractivity contribution is 0.563. The molecule has 0 spiro atoms. The summed E-state index contributed by atoms with van der Waals surface area (Å²) in [5.41, 5.74) is 0. The molecule has 0 N–H and O–H groups in total. The minimum absolute atomic E-state index is 0. The molecule has 0 aromatic rings. The van der Waals surface area contributed by atoms with E-state index in [0.717, 1.165) is 6.42 Å². The fourth-order valence-corrected chi connectivity index (χ4v) is 0.201. The molecular formula is C5H11NOSi. The summed E-state index contributed by atoms with van der Waals surface area (Å²) in [5.74, 6) is 0. The lowest BCUT2D eigenvalue weighted by Gasteiger charge is -1.75. The summed E-state index contributed by atoms with van der Waals surface area (Å²) in [4.78, 5) is 12.6. The summed E-state index contributed by atoms with van der Waals surface area (Å²) in [6.45, 7) is 3.96. The number of nitrogens with zero attached hydrogens (tertiary/aromatic N) is 1. The molecule has 2 nitrogen and oxygen atoms in total. The predicted octanol–water partition coefficient (Wildman–Crippen LogP) is -0.553. The van der Waals surface area contributed by atoms with Crippen molar-refractivity contribution in [3.8, 4) is 0 Å². The average Bonchev–Trinajstić information content (AvgIpc) is 1.69. The van der Waals surface area contributed by atoms with Gasteiger partial charge in [0.05, 0.1) is 6.54 Å². The Morgan fingerprint density at radius 2 is 2.38 bits per heavy atom. The van der Waals surface area contributed by atoms with Crippen LogP contribution in [0.4, 0.5) is 0 Å². The molecule has 46 valence electrons. The Balaban J connectivity index is 0. The first-order valence-electron chi connectivity index (χ1n) is 2.06. The Hall–Kier alpha value is -0.663. The van der Waals surface area contributed by atoms with Crippen molar-refractivity contribution < 1.29 is 4.79 Å². The molecule has 0 aliphatic heterocycles. The molecule has 0 aliphatic carbocycles. The summed E-state index contributed by atoms with van der Waals surface area (Å²) in [6, 6.07) is 0. The maximum atomic E-state index is 9.35. The molecule has 0 bridgehead atoms. The summed E-state index contributed by atoms with van der Waals surface area (Å²) < 4.78 is 0. The molecule has 3 heteroatoms. The van der Waals surface area contributed by atoms with Crippen LogP contribution in [0, 0.1) is 0 Å². The van der Waals surface area contributed by atoms with Gasteiger partial charge in [0.25, 0.3) is 0 Å². The van der Waals surface area contributed by atoms with E-state index in [-0.39, 0.29) is 11.0 Å². The zero-order valence-corrected chi connectivity index (χ0v) is 4.05. The smallest absolute Gasteiger partial charge is 0.211 e. The quantitative estimate of drug-likeness (QED) is 0.165. The van der Waals surface area contributed by atoms with Crippen molar-refractivity contribution in [3.63, 3.8) is 0 Å². The Labute approximate surface area is 53.3 Å². The summed E-state index contributed by atoms with van der Waals surface area (Å²) in [6.07, 6.45) is 3.90. The van der Waals surface area contributed by atoms with E-state index in [1.54, 1.807) is 6.08 Å². The Bertz CT molecular complexity index is 96.6. The highest BCUT2D eigenvalue weighted by atomic mass is 28.1. The number of rotatable bonds is 3. The van der Waals surface area contributed by atoms with Crippen molar-refractivity contribution in [2.24, 2.45) is 4.99 Å². The molecule has 0 aromatic carbocycles. The van der Waals surface area contributed by atoms with E-state index >= 15 is 0 Å². The molecule has 0 fully saturated rings. The standard InChI is InChI=1S/C5H7NO.H4Si/c1-2-3-4-6-5-7;/h2H,1,3-4H2;1H4. The monoisotopic (exact) mass is 129 g/mol. The van der Waals surface area contributed by atoms with Gasteiger partial charge in [0.1, 0.15) is 0 Å². The third-order valence-corrected chi connectivity index (χ3v) is 0.510. The van der Waals surface area contributed by atoms with Crippen LogP contribution in [-0.4, -0.2) is 23.6 Å². The van der Waals surface area contributed by atoms with Gasteiger partial charge in [0.2, 0.25) is 6.08 Å². The van der Waals surface area contributed by atoms with E-state index in [0.29, 0.717) is 6.54 Å². The van der Waals surface area contributed by atoms with Crippen molar-refractivity contribution in [3.05, 3.63) is 12.7 Å². The van der Waals surface area contributed by atoms with Gasteiger partial charge in [0, 0.05) is 0 Å². The van der Waals surface area contributed by atoms with Crippen LogP contribution < -0.4 is 0 Å². The van der Waals surface area contributed by atoms with Crippen molar-refractivity contribution in [2.45, 2.75) is 6.42 Å². The molecule has 0 atom stereocenters. The molecule has 8 heavy (non-hydrogen) atoms. The predicted molar refractivity (Wildman–Crippen MR) is 39.1 cm³/mol. The second-order valence-electron chi connectivity index (χ2n) is 1.05. The molecule has 0 radical (unpaired) electrons. The van der Waals surface area contributed by atoms with Gasteiger partial charge in [0.15, 0.2) is 0 Å². The minimum atomic E-state index is 0. The van der Waals surface area contributed by atoms with E-state index in [1.165, 1.54) is 6.08 Å². The number of isocyanates is 1. The van der Waals surface area contributed by atoms with Crippen LogP contribution in [0.1, 0.15) is 6.42 Å². The highest BCUT2D eigenvalue weighted by Gasteiger charge is 1.69. The molecular weight excluding hydrogens is 118 g/mol. The Morgan fingerprint density at radius 3 is 2.75 bits per heavy atom. The lowest BCUT2D eigenvalue weighted by Crippen LogP contribution is -1.71. The molecule has 0 aliphatic rings. The summed E-state index contributed by atoms with van der Waals surface area (Å²) >= 11 is 0. The van der Waals surface area contributed by atoms with Crippen LogP contribution in [0.3, 0.4) is 0 Å². The third kappa shape index (κ3) is 9.01. The fourth-order valence-electron chi connectivity index (χ4n) is 0.201. The van der Waals surface area contributed by atoms with Crippen LogP contribution in [0.2, 0.25) is 0 Å². The van der Waals surface area contributed by atoms with Gasteiger partial charge in [-0.2, -0.15) is 0 Å². The summed E-state index contributed by atoms with van der Waals surface area (Å²) in [7, 11) is 0. The van der Waals surface area contributed by atoms with E-state index < -0.39 is 0 Å². The first-order chi connectivity index (χ1) is 3.41. The number of carbonyl (C=O) groups excluding carboxylic acids is 1. The van der Waals surface area contributed by atoms with Crippen LogP contribution in [0.5, 0.6) is 0 Å². The van der Waals surface area contributed by atoms with Crippen LogP contribution in [0.25, 0.3) is 0 Å². The molecule has 0 saturated carbocycles. The fraction of sp³-hybridized carbons (Fsp3) is 0.400. The molecule has 0 aromatic heterocycles. The second kappa shape index (κ2) is 9.60. The van der Waals surface area contributed by atoms with Gasteiger partial charge < -0.3 is 0 Å². The van der Waals surface area contributed by atoms with Gasteiger partial charge in [-0.15, -0.1) is 6.58 Å². The zero-order valence-electron chi connectivity index (χ0n) is 4.05. The first-order valence-corrected chi connectivity index (χ1v) is 2.06. The highest BCUT2D eigenvalue weighted by Crippen LogP contribution is 1.76. The summed E-state index contributed by atoms with van der Waals surface area (Å²) in [5, 5.41) is 0. The van der Waals surface area contributed by atoms with Gasteiger partial charge in [-0.1, -0.05) is 6.08 Å². The van der Waals surface area contributed by atoms with Gasteiger partial charge in [-0.25, -0.2) is 9.79 Å². The minimum Gasteiger partial charge on any atom is -0.211 e. The Morgan fingerprint density at radius 1 is 1.75 bits per heavy atom. The van der Waals surface area contributed by atoms with Crippen LogP contribution in [-0.2, 0) is 4.79 Å². The second-order valence-corrected chi connectivity index (χ2v) is 1.05. The SMILES string of the molecule is C=CCCN=C=O.[SiH4]. The highest BCUT2D eigenvalue weighted by molar-refractivity contribution is 5.75. The lowest BCUT2D eigenvalue weighted by atomic mass is 10.4. The van der Waals surface area contributed by atoms with Crippen LogP contribution >= 0.6 is 0 Å². The maximum absolute atomic E-state index is 9.35. The topological polar surface area (TPSA) is 29.4 Å². The molecule has 0 heterocycles. The molecule has 0 rings (SSSR count). The van der Waals surface area contributed by atoms with Crippen molar-refractivity contribution in [2.75, 3.05) is 6.54 Å². The van der Waals surface area contributed by atoms with Gasteiger partial charge in [-0.3, -0.25) is 0 Å². The maximum Gasteiger partial charge on any atom is 0.234 e. The number of hydrogen-bond acceptors (Lipinski definition) is 2. The Kier molecular flexibility index (Phi) is 12.4. The van der Waals surface area contributed by atoms with E-state index in [9.17, 15) is 4.79 Å². The van der Waals surface area contributed by atoms with E-state index in [4.69, 9.17) is 0 Å².